The molecule has 9 heteroatoms. The van der Waals surface area contributed by atoms with Crippen molar-refractivity contribution in [3.63, 3.8) is 0 Å². The topological polar surface area (TPSA) is 121 Å². The Bertz CT molecular complexity index is 867. The number of anilines is 1. The van der Waals surface area contributed by atoms with Crippen molar-refractivity contribution in [3.05, 3.63) is 41.2 Å². The summed E-state index contributed by atoms with van der Waals surface area (Å²) in [5, 5.41) is 8.96. The summed E-state index contributed by atoms with van der Waals surface area (Å²) < 4.78 is 26.7. The summed E-state index contributed by atoms with van der Waals surface area (Å²) in [6, 6.07) is 6.40. The third-order valence-electron chi connectivity index (χ3n) is 3.30. The maximum absolute atomic E-state index is 12.2. The maximum atomic E-state index is 12.2. The Morgan fingerprint density at radius 3 is 2.54 bits per heavy atom. The van der Waals surface area contributed by atoms with Gasteiger partial charge in [-0.3, -0.25) is 14.7 Å². The predicted molar refractivity (Wildman–Crippen MR) is 88.3 cm³/mol. The molecule has 0 spiro atoms. The van der Waals surface area contributed by atoms with E-state index in [4.69, 9.17) is 0 Å². The number of aryl methyl sites for hydroxylation is 2. The number of carbonyl (C=O) groups is 2. The second-order valence-corrected chi connectivity index (χ2v) is 6.98. The quantitative estimate of drug-likeness (QED) is 0.675. The maximum Gasteiger partial charge on any atom is 0.244 e. The van der Waals surface area contributed by atoms with E-state index in [1.54, 1.807) is 32.0 Å². The van der Waals surface area contributed by atoms with Gasteiger partial charge in [-0.25, -0.2) is 13.1 Å². The Morgan fingerprint density at radius 2 is 1.96 bits per heavy atom. The third kappa shape index (κ3) is 4.06. The van der Waals surface area contributed by atoms with Crippen molar-refractivity contribution in [2.45, 2.75) is 25.7 Å². The number of amides is 1. The fourth-order valence-corrected chi connectivity index (χ4v) is 3.54. The number of carbonyl (C=O) groups excluding carboxylic acids is 2. The van der Waals surface area contributed by atoms with Gasteiger partial charge in [0.2, 0.25) is 15.9 Å². The number of hydrogen-bond donors (Lipinski definition) is 3. The van der Waals surface area contributed by atoms with E-state index in [0.29, 0.717) is 22.6 Å². The summed E-state index contributed by atoms with van der Waals surface area (Å²) in [6.45, 7) is 4.13. The van der Waals surface area contributed by atoms with Crippen LogP contribution in [0, 0.1) is 13.8 Å². The molecule has 0 unspecified atom stereocenters. The molecule has 1 heterocycles. The molecule has 0 saturated carbocycles. The fourth-order valence-electron chi connectivity index (χ4n) is 2.19. The number of aromatic nitrogens is 2. The zero-order chi connectivity index (χ0) is 17.9. The van der Waals surface area contributed by atoms with Gasteiger partial charge in [-0.15, -0.1) is 0 Å². The molecule has 24 heavy (non-hydrogen) atoms. The molecule has 0 aliphatic heterocycles. The molecule has 8 nitrogen and oxygen atoms in total. The van der Waals surface area contributed by atoms with Gasteiger partial charge in [0.05, 0.1) is 17.9 Å². The molecule has 1 aromatic carbocycles. The highest BCUT2D eigenvalue weighted by Crippen LogP contribution is 2.16. The van der Waals surface area contributed by atoms with Crippen LogP contribution in [0.3, 0.4) is 0 Å². The first-order chi connectivity index (χ1) is 11.2. The zero-order valence-corrected chi connectivity index (χ0v) is 14.3. The van der Waals surface area contributed by atoms with E-state index in [1.807, 2.05) is 0 Å². The van der Waals surface area contributed by atoms with Gasteiger partial charge in [0.1, 0.15) is 4.90 Å². The van der Waals surface area contributed by atoms with Crippen LogP contribution in [-0.2, 0) is 14.8 Å². The summed E-state index contributed by atoms with van der Waals surface area (Å²) in [6.07, 6.45) is 0. The summed E-state index contributed by atoms with van der Waals surface area (Å²) in [4.78, 5) is 23.3. The van der Waals surface area contributed by atoms with Gasteiger partial charge in [0.15, 0.2) is 5.78 Å². The monoisotopic (exact) mass is 350 g/mol. The lowest BCUT2D eigenvalue weighted by molar-refractivity contribution is -0.115. The van der Waals surface area contributed by atoms with Crippen LogP contribution in [-0.4, -0.2) is 36.9 Å². The van der Waals surface area contributed by atoms with Crippen LogP contribution in [0.1, 0.15) is 28.7 Å². The van der Waals surface area contributed by atoms with Gasteiger partial charge < -0.3 is 5.32 Å². The molecule has 0 aliphatic rings. The van der Waals surface area contributed by atoms with Gasteiger partial charge in [0.25, 0.3) is 0 Å². The Hall–Kier alpha value is -2.52. The number of rotatable bonds is 6. The normalized spacial score (nSPS) is 11.3. The molecule has 1 aromatic heterocycles. The lowest BCUT2D eigenvalue weighted by atomic mass is 10.1. The van der Waals surface area contributed by atoms with Gasteiger partial charge >= 0.3 is 0 Å². The highest BCUT2D eigenvalue weighted by atomic mass is 32.2. The molecule has 0 bridgehead atoms. The van der Waals surface area contributed by atoms with E-state index < -0.39 is 22.5 Å². The minimum atomic E-state index is -3.85. The number of H-pyrrole nitrogens is 1. The van der Waals surface area contributed by atoms with Crippen LogP contribution in [0.4, 0.5) is 5.69 Å². The minimum absolute atomic E-state index is 0.0360. The number of sulfonamides is 1. The highest BCUT2D eigenvalue weighted by Gasteiger charge is 2.22. The number of ketones is 1. The molecule has 128 valence electrons. The third-order valence-corrected chi connectivity index (χ3v) is 4.97. The van der Waals surface area contributed by atoms with E-state index in [2.05, 4.69) is 20.2 Å². The zero-order valence-electron chi connectivity index (χ0n) is 13.5. The van der Waals surface area contributed by atoms with Gasteiger partial charge in [-0.2, -0.15) is 5.10 Å². The second kappa shape index (κ2) is 6.93. The Balaban J connectivity index is 2.03. The number of hydrogen-bond acceptors (Lipinski definition) is 5. The van der Waals surface area contributed by atoms with Crippen LogP contribution in [0.15, 0.2) is 29.2 Å². The molecule has 0 atom stereocenters. The lowest BCUT2D eigenvalue weighted by Crippen LogP contribution is -2.33. The van der Waals surface area contributed by atoms with E-state index in [0.717, 1.165) is 0 Å². The SMILES string of the molecule is CC(=O)c1cccc(NC(=O)CNS(=O)(=O)c2c(C)n[nH]c2C)c1. The molecular weight excluding hydrogens is 332 g/mol. The number of nitrogens with one attached hydrogen (secondary N) is 3. The first-order valence-electron chi connectivity index (χ1n) is 7.13. The Morgan fingerprint density at radius 1 is 1.25 bits per heavy atom. The van der Waals surface area contributed by atoms with E-state index in [9.17, 15) is 18.0 Å². The van der Waals surface area contributed by atoms with Crippen molar-refractivity contribution in [1.29, 1.82) is 0 Å². The molecule has 0 fully saturated rings. The van der Waals surface area contributed by atoms with Crippen molar-refractivity contribution >= 4 is 27.4 Å². The average molecular weight is 350 g/mol. The predicted octanol–water partition coefficient (Wildman–Crippen LogP) is 1.15. The lowest BCUT2D eigenvalue weighted by Gasteiger charge is -2.08. The molecule has 0 radical (unpaired) electrons. The smallest absolute Gasteiger partial charge is 0.244 e. The number of aromatic amines is 1. The minimum Gasteiger partial charge on any atom is -0.325 e. The Labute approximate surface area is 139 Å². The van der Waals surface area contributed by atoms with Gasteiger partial charge in [-0.1, -0.05) is 12.1 Å². The van der Waals surface area contributed by atoms with E-state index >= 15 is 0 Å². The van der Waals surface area contributed by atoms with Crippen molar-refractivity contribution in [2.75, 3.05) is 11.9 Å². The van der Waals surface area contributed by atoms with Crippen LogP contribution >= 0.6 is 0 Å². The number of Topliss-reactive ketones (excluding diaryl/α,β-unsaturated/α-hetero) is 1. The van der Waals surface area contributed by atoms with Gasteiger partial charge in [0, 0.05) is 11.3 Å². The van der Waals surface area contributed by atoms with Crippen molar-refractivity contribution in [2.24, 2.45) is 0 Å². The first-order valence-corrected chi connectivity index (χ1v) is 8.61. The standard InChI is InChI=1S/C15H18N4O4S/c1-9-15(10(2)19-18-9)24(22,23)16-8-14(21)17-13-6-4-5-12(7-13)11(3)20/h4-7,16H,8H2,1-3H3,(H,17,21)(H,18,19). The summed E-state index contributed by atoms with van der Waals surface area (Å²) in [5.41, 5.74) is 1.60. The molecule has 0 aliphatic carbocycles. The van der Waals surface area contributed by atoms with E-state index in [1.165, 1.54) is 13.0 Å². The van der Waals surface area contributed by atoms with Crippen LogP contribution < -0.4 is 10.0 Å². The average Bonchev–Trinajstić information content (AvgIpc) is 2.85. The summed E-state index contributed by atoms with van der Waals surface area (Å²) in [7, 11) is -3.85. The molecule has 3 N–H and O–H groups in total. The molecule has 2 aromatic rings. The molecular formula is C15H18N4O4S. The Kier molecular flexibility index (Phi) is 5.15. The van der Waals surface area contributed by atoms with Gasteiger partial charge in [-0.05, 0) is 32.9 Å². The number of benzene rings is 1. The molecule has 1 amide bonds. The number of nitrogens with zero attached hydrogens (tertiary/aromatic N) is 1. The van der Waals surface area contributed by atoms with Crippen molar-refractivity contribution < 1.29 is 18.0 Å². The molecule has 0 saturated heterocycles. The van der Waals surface area contributed by atoms with Crippen molar-refractivity contribution in [1.82, 2.24) is 14.9 Å². The van der Waals surface area contributed by atoms with Crippen molar-refractivity contribution in [3.8, 4) is 0 Å². The largest absolute Gasteiger partial charge is 0.325 e. The van der Waals surface area contributed by atoms with Crippen LogP contribution in [0.25, 0.3) is 0 Å². The second-order valence-electron chi connectivity index (χ2n) is 5.27. The molecule has 2 rings (SSSR count). The summed E-state index contributed by atoms with van der Waals surface area (Å²) >= 11 is 0. The first kappa shape index (κ1) is 17.8. The highest BCUT2D eigenvalue weighted by molar-refractivity contribution is 7.89. The van der Waals surface area contributed by atoms with Crippen LogP contribution in [0.2, 0.25) is 0 Å². The van der Waals surface area contributed by atoms with Crippen LogP contribution in [0.5, 0.6) is 0 Å². The fraction of sp³-hybridized carbons (Fsp3) is 0.267. The van der Waals surface area contributed by atoms with E-state index in [-0.39, 0.29) is 10.7 Å². The summed E-state index contributed by atoms with van der Waals surface area (Å²) in [5.74, 6) is -0.671.